The fraction of sp³-hybridized carbons (Fsp3) is 0.280. The molecule has 0 radical (unpaired) electrons. The molecule has 2 aromatic carbocycles. The Balaban J connectivity index is 1.37. The van der Waals surface area contributed by atoms with Crippen LogP contribution in [0.4, 0.5) is 5.69 Å². The average Bonchev–Trinajstić information content (AvgIpc) is 3.44. The number of benzene rings is 2. The van der Waals surface area contributed by atoms with Gasteiger partial charge in [0.25, 0.3) is 5.91 Å². The van der Waals surface area contributed by atoms with Crippen LogP contribution in [0.15, 0.2) is 65.1 Å². The maximum atomic E-state index is 13.3. The van der Waals surface area contributed by atoms with Crippen molar-refractivity contribution in [1.82, 2.24) is 10.3 Å². The summed E-state index contributed by atoms with van der Waals surface area (Å²) in [5.41, 5.74) is 9.09. The Labute approximate surface area is 197 Å². The highest BCUT2D eigenvalue weighted by molar-refractivity contribution is 8.13. The van der Waals surface area contributed by atoms with E-state index in [1.54, 1.807) is 11.8 Å². The highest BCUT2D eigenvalue weighted by atomic mass is 32.2. The van der Waals surface area contributed by atoms with Crippen LogP contribution in [0, 0.1) is 6.92 Å². The van der Waals surface area contributed by atoms with Gasteiger partial charge in [0.1, 0.15) is 4.88 Å². The molecule has 1 aromatic heterocycles. The highest BCUT2D eigenvalue weighted by Crippen LogP contribution is 2.39. The normalized spacial score (nSPS) is 17.3. The van der Waals surface area contributed by atoms with Gasteiger partial charge >= 0.3 is 0 Å². The molecule has 3 aromatic rings. The molecule has 0 aliphatic carbocycles. The van der Waals surface area contributed by atoms with Crippen LogP contribution < -0.4 is 10.3 Å². The Morgan fingerprint density at radius 1 is 1.06 bits per heavy atom. The number of thioether (sulfide) groups is 1. The number of aryl methyl sites for hydroxylation is 1. The molecule has 5 rings (SSSR count). The van der Waals surface area contributed by atoms with Gasteiger partial charge in [0.2, 0.25) is 6.29 Å². The zero-order chi connectivity index (χ0) is 22.2. The first-order valence-electron chi connectivity index (χ1n) is 10.8. The van der Waals surface area contributed by atoms with Crippen LogP contribution in [0.3, 0.4) is 0 Å². The fourth-order valence-electron chi connectivity index (χ4n) is 3.96. The molecule has 0 saturated heterocycles. The molecule has 164 valence electrons. The molecule has 0 fully saturated rings. The molecule has 2 aliphatic heterocycles. The van der Waals surface area contributed by atoms with Crippen molar-refractivity contribution in [2.45, 2.75) is 45.3 Å². The van der Waals surface area contributed by atoms with E-state index in [4.69, 9.17) is 0 Å². The Kier molecular flexibility index (Phi) is 5.69. The third kappa shape index (κ3) is 3.91. The monoisotopic (exact) mass is 462 g/mol. The van der Waals surface area contributed by atoms with E-state index in [9.17, 15) is 4.79 Å². The first-order valence-corrected chi connectivity index (χ1v) is 12.7. The van der Waals surface area contributed by atoms with Gasteiger partial charge in [0.05, 0.1) is 5.69 Å². The third-order valence-electron chi connectivity index (χ3n) is 5.87. The summed E-state index contributed by atoms with van der Waals surface area (Å²) in [7, 11) is 0. The van der Waals surface area contributed by atoms with Crippen LogP contribution in [0.25, 0.3) is 0 Å². The van der Waals surface area contributed by atoms with Crippen LogP contribution in [0.1, 0.15) is 51.7 Å². The summed E-state index contributed by atoms with van der Waals surface area (Å²) in [6, 6.07) is 19.2. The number of amides is 1. The summed E-state index contributed by atoms with van der Waals surface area (Å²) >= 11 is 3.19. The Morgan fingerprint density at radius 3 is 2.50 bits per heavy atom. The number of nitrogens with one attached hydrogen (secondary N) is 1. The molecule has 1 atom stereocenters. The van der Waals surface area contributed by atoms with Gasteiger partial charge in [-0.15, -0.1) is 11.3 Å². The van der Waals surface area contributed by atoms with Crippen molar-refractivity contribution in [3.63, 3.8) is 0 Å². The van der Waals surface area contributed by atoms with Gasteiger partial charge in [-0.2, -0.15) is 5.10 Å². The van der Waals surface area contributed by atoms with Crippen molar-refractivity contribution in [2.24, 2.45) is 5.10 Å². The molecule has 2 aliphatic rings. The van der Waals surface area contributed by atoms with E-state index in [2.05, 4.69) is 84.7 Å². The first-order chi connectivity index (χ1) is 15.5. The van der Waals surface area contributed by atoms with Crippen LogP contribution in [0.2, 0.25) is 0 Å². The average molecular weight is 463 g/mol. The fourth-order valence-corrected chi connectivity index (χ4v) is 5.74. The summed E-state index contributed by atoms with van der Waals surface area (Å²) in [5.74, 6) is 1.37. The Morgan fingerprint density at radius 2 is 1.78 bits per heavy atom. The number of thiophene rings is 1. The molecule has 0 saturated carbocycles. The molecular weight excluding hydrogens is 436 g/mol. The smallest absolute Gasteiger partial charge is 0.269 e. The molecule has 3 heterocycles. The second-order valence-corrected chi connectivity index (χ2v) is 10.4. The number of carbonyl (C=O) groups is 1. The minimum absolute atomic E-state index is 0.0525. The van der Waals surface area contributed by atoms with Gasteiger partial charge in [-0.05, 0) is 41.0 Å². The number of rotatable bonds is 5. The van der Waals surface area contributed by atoms with Crippen LogP contribution in [-0.4, -0.2) is 22.3 Å². The van der Waals surface area contributed by atoms with Crippen molar-refractivity contribution in [2.75, 3.05) is 4.90 Å². The largest absolute Gasteiger partial charge is 0.294 e. The summed E-state index contributed by atoms with van der Waals surface area (Å²) in [4.78, 5) is 18.1. The van der Waals surface area contributed by atoms with Crippen molar-refractivity contribution in [3.05, 3.63) is 87.1 Å². The third-order valence-corrected chi connectivity index (χ3v) is 7.78. The van der Waals surface area contributed by atoms with Gasteiger partial charge in [0, 0.05) is 12.3 Å². The number of hydrogen-bond donors (Lipinski definition) is 1. The Bertz CT molecular complexity index is 1150. The van der Waals surface area contributed by atoms with Crippen LogP contribution >= 0.6 is 23.1 Å². The maximum absolute atomic E-state index is 13.3. The van der Waals surface area contributed by atoms with E-state index in [-0.39, 0.29) is 12.2 Å². The summed E-state index contributed by atoms with van der Waals surface area (Å²) in [6.45, 7) is 7.01. The number of anilines is 1. The summed E-state index contributed by atoms with van der Waals surface area (Å²) in [5, 5.41) is 7.50. The SMILES string of the molecule is Cc1ccc(CSC2=NNC3N(Cc4ccc(C(C)C)cc4)C(=O)c4sccc4N23)cc1. The summed E-state index contributed by atoms with van der Waals surface area (Å²) < 4.78 is 0. The minimum Gasteiger partial charge on any atom is -0.294 e. The number of fused-ring (bicyclic) bond motifs is 3. The van der Waals surface area contributed by atoms with E-state index in [0.717, 1.165) is 27.0 Å². The number of carbonyl (C=O) groups excluding carboxylic acids is 1. The molecule has 0 spiro atoms. The minimum atomic E-state index is -0.310. The molecule has 5 nitrogen and oxygen atoms in total. The lowest BCUT2D eigenvalue weighted by Gasteiger charge is -2.39. The molecule has 1 amide bonds. The lowest BCUT2D eigenvalue weighted by Crippen LogP contribution is -2.57. The van der Waals surface area contributed by atoms with Gasteiger partial charge in [0.15, 0.2) is 5.17 Å². The molecule has 1 N–H and O–H groups in total. The predicted octanol–water partition coefficient (Wildman–Crippen LogP) is 5.73. The second kappa shape index (κ2) is 8.64. The van der Waals surface area contributed by atoms with Crippen molar-refractivity contribution in [1.29, 1.82) is 0 Å². The van der Waals surface area contributed by atoms with Gasteiger partial charge in [-0.25, -0.2) is 0 Å². The standard InChI is InChI=1S/C25H26N4OS2/c1-16(2)20-10-8-18(9-11-20)14-28-23(30)22-21(12-13-31-22)29-24(28)26-27-25(29)32-15-19-6-4-17(3)5-7-19/h4-13,16,24,26H,14-15H2,1-3H3. The van der Waals surface area contributed by atoms with E-state index in [1.165, 1.54) is 28.0 Å². The number of hydrazone groups is 1. The van der Waals surface area contributed by atoms with Gasteiger partial charge in [-0.1, -0.05) is 79.7 Å². The molecular formula is C25H26N4OS2. The highest BCUT2D eigenvalue weighted by Gasteiger charge is 2.43. The lowest BCUT2D eigenvalue weighted by atomic mass is 10.0. The zero-order valence-electron chi connectivity index (χ0n) is 18.4. The number of amidine groups is 1. The maximum Gasteiger partial charge on any atom is 0.269 e. The topological polar surface area (TPSA) is 47.9 Å². The molecule has 32 heavy (non-hydrogen) atoms. The first kappa shape index (κ1) is 21.1. The summed E-state index contributed by atoms with van der Waals surface area (Å²) in [6.07, 6.45) is -0.310. The zero-order valence-corrected chi connectivity index (χ0v) is 20.0. The quantitative estimate of drug-likeness (QED) is 0.526. The second-order valence-electron chi connectivity index (χ2n) is 8.51. The van der Waals surface area contributed by atoms with Gasteiger partial charge < -0.3 is 0 Å². The van der Waals surface area contributed by atoms with Crippen LogP contribution in [0.5, 0.6) is 0 Å². The molecule has 0 bridgehead atoms. The van der Waals surface area contributed by atoms with Crippen molar-refractivity contribution >= 4 is 39.9 Å². The van der Waals surface area contributed by atoms with Crippen molar-refractivity contribution in [3.8, 4) is 0 Å². The molecule has 7 heteroatoms. The van der Waals surface area contributed by atoms with Gasteiger partial charge in [-0.3, -0.25) is 20.0 Å². The van der Waals surface area contributed by atoms with E-state index >= 15 is 0 Å². The number of hydrogen-bond acceptors (Lipinski definition) is 6. The Hall–Kier alpha value is -2.77. The molecule has 1 unspecified atom stereocenters. The lowest BCUT2D eigenvalue weighted by molar-refractivity contribution is 0.0629. The van der Waals surface area contributed by atoms with E-state index in [1.807, 2.05) is 16.3 Å². The van der Waals surface area contributed by atoms with Crippen LogP contribution in [-0.2, 0) is 12.3 Å². The predicted molar refractivity (Wildman–Crippen MR) is 134 cm³/mol. The van der Waals surface area contributed by atoms with Crippen molar-refractivity contribution < 1.29 is 4.79 Å². The van der Waals surface area contributed by atoms with E-state index in [0.29, 0.717) is 12.5 Å². The van der Waals surface area contributed by atoms with E-state index < -0.39 is 0 Å². The number of nitrogens with zero attached hydrogens (tertiary/aromatic N) is 3.